The molecule has 9 heteroatoms. The van der Waals surface area contributed by atoms with E-state index in [0.29, 0.717) is 21.9 Å². The summed E-state index contributed by atoms with van der Waals surface area (Å²) in [6, 6.07) is 14.9. The van der Waals surface area contributed by atoms with Crippen molar-refractivity contribution >= 4 is 40.6 Å². The van der Waals surface area contributed by atoms with Gasteiger partial charge in [0.05, 0.1) is 11.4 Å². The molecule has 0 aliphatic heterocycles. The molecule has 2 heterocycles. The van der Waals surface area contributed by atoms with Crippen molar-refractivity contribution in [3.63, 3.8) is 0 Å². The van der Waals surface area contributed by atoms with Crippen molar-refractivity contribution in [2.45, 2.75) is 6.92 Å². The van der Waals surface area contributed by atoms with Crippen molar-refractivity contribution in [2.75, 3.05) is 11.9 Å². The SMILES string of the molecule is Cc1nn2cccnc2c1C(=O)OCC(=O)Nc1ccc(Cl)cc1C(=O)c1ccccc1. The highest BCUT2D eigenvalue weighted by Crippen LogP contribution is 2.24. The van der Waals surface area contributed by atoms with Crippen LogP contribution in [-0.2, 0) is 9.53 Å². The smallest absolute Gasteiger partial charge is 0.344 e. The second kappa shape index (κ2) is 8.99. The van der Waals surface area contributed by atoms with Gasteiger partial charge in [0.2, 0.25) is 0 Å². The largest absolute Gasteiger partial charge is 0.452 e. The van der Waals surface area contributed by atoms with E-state index < -0.39 is 18.5 Å². The van der Waals surface area contributed by atoms with E-state index in [2.05, 4.69) is 15.4 Å². The van der Waals surface area contributed by atoms with Gasteiger partial charge in [-0.3, -0.25) is 9.59 Å². The number of ether oxygens (including phenoxy) is 1. The zero-order valence-electron chi connectivity index (χ0n) is 16.9. The number of halogens is 1. The van der Waals surface area contributed by atoms with Gasteiger partial charge in [-0.25, -0.2) is 14.3 Å². The Morgan fingerprint density at radius 2 is 1.88 bits per heavy atom. The molecule has 32 heavy (non-hydrogen) atoms. The molecule has 8 nitrogen and oxygen atoms in total. The summed E-state index contributed by atoms with van der Waals surface area (Å²) < 4.78 is 6.62. The number of benzene rings is 2. The molecule has 0 radical (unpaired) electrons. The van der Waals surface area contributed by atoms with E-state index >= 15 is 0 Å². The summed E-state index contributed by atoms with van der Waals surface area (Å²) >= 11 is 6.06. The highest BCUT2D eigenvalue weighted by atomic mass is 35.5. The highest BCUT2D eigenvalue weighted by molar-refractivity contribution is 6.31. The van der Waals surface area contributed by atoms with Crippen molar-refractivity contribution in [3.05, 3.63) is 94.4 Å². The molecule has 0 fully saturated rings. The molecule has 1 N–H and O–H groups in total. The summed E-state index contributed by atoms with van der Waals surface area (Å²) in [4.78, 5) is 42.0. The number of nitrogens with zero attached hydrogens (tertiary/aromatic N) is 3. The Hall–Kier alpha value is -4.04. The van der Waals surface area contributed by atoms with Gasteiger partial charge in [0.25, 0.3) is 5.91 Å². The minimum Gasteiger partial charge on any atom is -0.452 e. The van der Waals surface area contributed by atoms with Crippen molar-refractivity contribution in [1.82, 2.24) is 14.6 Å². The highest BCUT2D eigenvalue weighted by Gasteiger charge is 2.21. The Labute approximate surface area is 187 Å². The molecule has 0 atom stereocenters. The number of hydrogen-bond donors (Lipinski definition) is 1. The number of carbonyl (C=O) groups is 3. The Morgan fingerprint density at radius 1 is 1.09 bits per heavy atom. The number of rotatable bonds is 6. The maximum absolute atomic E-state index is 12.9. The van der Waals surface area contributed by atoms with Gasteiger partial charge in [-0.15, -0.1) is 0 Å². The van der Waals surface area contributed by atoms with Crippen molar-refractivity contribution in [3.8, 4) is 0 Å². The van der Waals surface area contributed by atoms with Crippen LogP contribution in [-0.4, -0.2) is 38.9 Å². The number of fused-ring (bicyclic) bond motifs is 1. The number of amides is 1. The maximum atomic E-state index is 12.9. The summed E-state index contributed by atoms with van der Waals surface area (Å²) in [5.41, 5.74) is 1.90. The Morgan fingerprint density at radius 3 is 2.66 bits per heavy atom. The molecule has 0 aliphatic rings. The summed E-state index contributed by atoms with van der Waals surface area (Å²) in [6.45, 7) is 1.10. The second-order valence-electron chi connectivity index (χ2n) is 6.86. The zero-order chi connectivity index (χ0) is 22.7. The summed E-state index contributed by atoms with van der Waals surface area (Å²) in [5.74, 6) is -1.62. The number of aryl methyl sites for hydroxylation is 1. The van der Waals surface area contributed by atoms with Crippen LogP contribution in [0.25, 0.3) is 5.65 Å². The quantitative estimate of drug-likeness (QED) is 0.356. The standard InChI is InChI=1S/C23H17ClN4O4/c1-14-20(22-25-10-5-11-28(22)27-14)23(31)32-13-19(29)26-18-9-8-16(24)12-17(18)21(30)15-6-3-2-4-7-15/h2-12H,13H2,1H3,(H,26,29). The fourth-order valence-corrected chi connectivity index (χ4v) is 3.36. The number of aromatic nitrogens is 3. The van der Waals surface area contributed by atoms with Gasteiger partial charge in [0.1, 0.15) is 5.56 Å². The number of ketones is 1. The van der Waals surface area contributed by atoms with E-state index in [4.69, 9.17) is 16.3 Å². The molecule has 2 aromatic carbocycles. The monoisotopic (exact) mass is 448 g/mol. The number of esters is 1. The lowest BCUT2D eigenvalue weighted by molar-refractivity contribution is -0.119. The van der Waals surface area contributed by atoms with Crippen LogP contribution in [0.2, 0.25) is 5.02 Å². The summed E-state index contributed by atoms with van der Waals surface area (Å²) in [6.07, 6.45) is 3.19. The summed E-state index contributed by atoms with van der Waals surface area (Å²) in [7, 11) is 0. The van der Waals surface area contributed by atoms with Gasteiger partial charge in [0, 0.05) is 28.5 Å². The van der Waals surface area contributed by atoms with E-state index in [9.17, 15) is 14.4 Å². The molecular weight excluding hydrogens is 432 g/mol. The Balaban J connectivity index is 1.48. The van der Waals surface area contributed by atoms with Gasteiger partial charge in [-0.1, -0.05) is 41.9 Å². The lowest BCUT2D eigenvalue weighted by Gasteiger charge is -2.11. The van der Waals surface area contributed by atoms with Crippen molar-refractivity contribution in [1.29, 1.82) is 0 Å². The normalized spacial score (nSPS) is 10.7. The minimum absolute atomic E-state index is 0.185. The van der Waals surface area contributed by atoms with Crippen LogP contribution in [0.4, 0.5) is 5.69 Å². The topological polar surface area (TPSA) is 103 Å². The predicted molar refractivity (Wildman–Crippen MR) is 118 cm³/mol. The van der Waals surface area contributed by atoms with Crippen LogP contribution in [0.5, 0.6) is 0 Å². The van der Waals surface area contributed by atoms with Crippen LogP contribution in [0.3, 0.4) is 0 Å². The molecule has 0 aliphatic carbocycles. The fraction of sp³-hybridized carbons (Fsp3) is 0.0870. The van der Waals surface area contributed by atoms with Gasteiger partial charge >= 0.3 is 5.97 Å². The molecule has 0 bridgehead atoms. The molecule has 4 rings (SSSR count). The first-order chi connectivity index (χ1) is 15.4. The van der Waals surface area contributed by atoms with Gasteiger partial charge in [-0.2, -0.15) is 5.10 Å². The van der Waals surface area contributed by atoms with Gasteiger partial charge < -0.3 is 10.1 Å². The lowest BCUT2D eigenvalue weighted by Crippen LogP contribution is -2.22. The molecule has 4 aromatic rings. The number of nitrogens with one attached hydrogen (secondary N) is 1. The predicted octanol–water partition coefficient (Wildman–Crippen LogP) is 3.72. The second-order valence-corrected chi connectivity index (χ2v) is 7.29. The van der Waals surface area contributed by atoms with Crippen LogP contribution in [0, 0.1) is 6.92 Å². The number of carbonyl (C=O) groups excluding carboxylic acids is 3. The third-order valence-corrected chi connectivity index (χ3v) is 4.88. The molecule has 0 spiro atoms. The molecule has 0 saturated heterocycles. The minimum atomic E-state index is -0.719. The van der Waals surface area contributed by atoms with Gasteiger partial charge in [-0.05, 0) is 31.2 Å². The van der Waals surface area contributed by atoms with E-state index in [1.54, 1.807) is 55.6 Å². The van der Waals surface area contributed by atoms with Gasteiger partial charge in [0.15, 0.2) is 18.0 Å². The number of anilines is 1. The van der Waals surface area contributed by atoms with E-state index in [0.717, 1.165) is 0 Å². The summed E-state index contributed by atoms with van der Waals surface area (Å²) in [5, 5.41) is 7.16. The molecule has 1 amide bonds. The average Bonchev–Trinajstić information content (AvgIpc) is 3.14. The molecule has 160 valence electrons. The van der Waals surface area contributed by atoms with Crippen LogP contribution < -0.4 is 5.32 Å². The van der Waals surface area contributed by atoms with Crippen molar-refractivity contribution in [2.24, 2.45) is 0 Å². The molecule has 0 saturated carbocycles. The zero-order valence-corrected chi connectivity index (χ0v) is 17.7. The Bertz CT molecular complexity index is 1330. The van der Waals surface area contributed by atoms with Crippen LogP contribution in [0.1, 0.15) is 32.0 Å². The first-order valence-electron chi connectivity index (χ1n) is 9.60. The molecule has 0 unspecified atom stereocenters. The molecular formula is C23H17ClN4O4. The number of hydrogen-bond acceptors (Lipinski definition) is 6. The van der Waals surface area contributed by atoms with E-state index in [1.165, 1.54) is 22.8 Å². The Kier molecular flexibility index (Phi) is 5.96. The van der Waals surface area contributed by atoms with Crippen molar-refractivity contribution < 1.29 is 19.1 Å². The third-order valence-electron chi connectivity index (χ3n) is 4.65. The third kappa shape index (κ3) is 4.35. The molecule has 2 aromatic heterocycles. The maximum Gasteiger partial charge on any atom is 0.344 e. The lowest BCUT2D eigenvalue weighted by atomic mass is 10.0. The van der Waals surface area contributed by atoms with Crippen LogP contribution >= 0.6 is 11.6 Å². The van der Waals surface area contributed by atoms with E-state index in [-0.39, 0.29) is 22.6 Å². The average molecular weight is 449 g/mol. The van der Waals surface area contributed by atoms with Crippen LogP contribution in [0.15, 0.2) is 67.0 Å². The van der Waals surface area contributed by atoms with E-state index in [1.807, 2.05) is 0 Å². The first kappa shape index (κ1) is 21.2. The fourth-order valence-electron chi connectivity index (χ4n) is 3.18. The first-order valence-corrected chi connectivity index (χ1v) is 9.98.